The van der Waals surface area contributed by atoms with E-state index in [1.165, 1.54) is 0 Å². The number of thioether (sulfide) groups is 1. The summed E-state index contributed by atoms with van der Waals surface area (Å²) in [5.41, 5.74) is 11.3. The van der Waals surface area contributed by atoms with Gasteiger partial charge in [-0.25, -0.2) is 4.99 Å². The standard InChI is InChI=1S/C17H25N5O3S/c1-23-13-3-5-14(6-4-13)24-9-2-10-25-22-16(19)20-15(18)21-17(22)7-11-26-12-8-17/h3-6H,2,7-12H2,1H3,(H4,18,19,20,21). The van der Waals surface area contributed by atoms with Gasteiger partial charge in [0.1, 0.15) is 11.5 Å². The number of hydrogen-bond donors (Lipinski definition) is 2. The van der Waals surface area contributed by atoms with Crippen molar-refractivity contribution >= 4 is 23.7 Å². The Hall–Kier alpha value is -2.13. The number of hydrogen-bond acceptors (Lipinski definition) is 9. The number of benzene rings is 1. The molecule has 1 saturated heterocycles. The van der Waals surface area contributed by atoms with Crippen molar-refractivity contribution in [2.24, 2.45) is 21.5 Å². The van der Waals surface area contributed by atoms with Crippen LogP contribution in [-0.4, -0.2) is 54.5 Å². The van der Waals surface area contributed by atoms with Crippen molar-refractivity contribution < 1.29 is 14.3 Å². The minimum absolute atomic E-state index is 0.220. The van der Waals surface area contributed by atoms with E-state index in [0.717, 1.165) is 35.8 Å². The number of ether oxygens (including phenoxy) is 2. The van der Waals surface area contributed by atoms with Crippen molar-refractivity contribution in [2.75, 3.05) is 31.8 Å². The summed E-state index contributed by atoms with van der Waals surface area (Å²) < 4.78 is 10.8. The molecule has 3 rings (SSSR count). The average molecular weight is 379 g/mol. The Morgan fingerprint density at radius 2 is 1.81 bits per heavy atom. The van der Waals surface area contributed by atoms with E-state index in [1.54, 1.807) is 12.2 Å². The Balaban J connectivity index is 1.49. The summed E-state index contributed by atoms with van der Waals surface area (Å²) in [6, 6.07) is 7.48. The van der Waals surface area contributed by atoms with Gasteiger partial charge >= 0.3 is 0 Å². The largest absolute Gasteiger partial charge is 0.497 e. The number of aliphatic imine (C=N–C) groups is 2. The molecule has 0 radical (unpaired) electrons. The zero-order chi connectivity index (χ0) is 18.4. The summed E-state index contributed by atoms with van der Waals surface area (Å²) in [6.45, 7) is 0.988. The lowest BCUT2D eigenvalue weighted by atomic mass is 10.0. The van der Waals surface area contributed by atoms with E-state index < -0.39 is 5.66 Å². The van der Waals surface area contributed by atoms with Crippen LogP contribution in [0.4, 0.5) is 0 Å². The summed E-state index contributed by atoms with van der Waals surface area (Å²) in [6.07, 6.45) is 2.37. The summed E-state index contributed by atoms with van der Waals surface area (Å²) in [7, 11) is 1.64. The van der Waals surface area contributed by atoms with Gasteiger partial charge in [-0.3, -0.25) is 4.84 Å². The SMILES string of the molecule is COc1ccc(OCCCON2C(N)=NC(N)=NC23CCSCC3)cc1. The zero-order valence-corrected chi connectivity index (χ0v) is 15.7. The van der Waals surface area contributed by atoms with Crippen LogP contribution in [0.3, 0.4) is 0 Å². The molecule has 0 aromatic heterocycles. The van der Waals surface area contributed by atoms with Gasteiger partial charge in [0.05, 0.1) is 20.3 Å². The van der Waals surface area contributed by atoms with Crippen molar-refractivity contribution in [3.8, 4) is 11.5 Å². The van der Waals surface area contributed by atoms with E-state index in [1.807, 2.05) is 36.0 Å². The van der Waals surface area contributed by atoms with Crippen molar-refractivity contribution in [2.45, 2.75) is 24.9 Å². The fraction of sp³-hybridized carbons (Fsp3) is 0.529. The molecular formula is C17H25N5O3S. The van der Waals surface area contributed by atoms with E-state index in [2.05, 4.69) is 9.98 Å². The van der Waals surface area contributed by atoms with Crippen LogP contribution in [0.25, 0.3) is 0 Å². The van der Waals surface area contributed by atoms with Crippen molar-refractivity contribution in [3.63, 3.8) is 0 Å². The molecule has 1 aromatic carbocycles. The highest BCUT2D eigenvalue weighted by Crippen LogP contribution is 2.35. The maximum atomic E-state index is 6.05. The first kappa shape index (κ1) is 18.7. The van der Waals surface area contributed by atoms with Gasteiger partial charge in [0.25, 0.3) is 0 Å². The van der Waals surface area contributed by atoms with Crippen molar-refractivity contribution in [1.29, 1.82) is 0 Å². The normalized spacial score (nSPS) is 19.0. The predicted molar refractivity (Wildman–Crippen MR) is 103 cm³/mol. The van der Waals surface area contributed by atoms with Crippen LogP contribution < -0.4 is 20.9 Å². The van der Waals surface area contributed by atoms with Crippen LogP contribution in [0.5, 0.6) is 11.5 Å². The number of nitrogens with two attached hydrogens (primary N) is 2. The minimum atomic E-state index is -0.530. The highest BCUT2D eigenvalue weighted by Gasteiger charge is 2.43. The van der Waals surface area contributed by atoms with Gasteiger partial charge < -0.3 is 20.9 Å². The zero-order valence-electron chi connectivity index (χ0n) is 14.9. The second-order valence-corrected chi connectivity index (χ2v) is 7.26. The van der Waals surface area contributed by atoms with E-state index >= 15 is 0 Å². The lowest BCUT2D eigenvalue weighted by Gasteiger charge is -2.43. The first-order valence-corrected chi connectivity index (χ1v) is 9.76. The molecule has 8 nitrogen and oxygen atoms in total. The first-order valence-electron chi connectivity index (χ1n) is 8.60. The van der Waals surface area contributed by atoms with Gasteiger partial charge in [-0.05, 0) is 35.8 Å². The highest BCUT2D eigenvalue weighted by atomic mass is 32.2. The Bertz CT molecular complexity index is 659. The molecule has 0 bridgehead atoms. The van der Waals surface area contributed by atoms with Gasteiger partial charge in [0.15, 0.2) is 5.66 Å². The molecule has 2 aliphatic heterocycles. The smallest absolute Gasteiger partial charge is 0.226 e. The molecule has 4 N–H and O–H groups in total. The van der Waals surface area contributed by atoms with E-state index in [0.29, 0.717) is 19.6 Å². The Morgan fingerprint density at radius 3 is 2.50 bits per heavy atom. The maximum Gasteiger partial charge on any atom is 0.226 e. The maximum absolute atomic E-state index is 6.05. The molecular weight excluding hydrogens is 354 g/mol. The molecule has 0 aliphatic carbocycles. The molecule has 0 unspecified atom stereocenters. The number of methoxy groups -OCH3 is 1. The molecule has 142 valence electrons. The molecule has 0 atom stereocenters. The molecule has 9 heteroatoms. The average Bonchev–Trinajstić information content (AvgIpc) is 2.64. The van der Waals surface area contributed by atoms with Gasteiger partial charge in [0.2, 0.25) is 11.9 Å². The molecule has 0 amide bonds. The number of nitrogens with zero attached hydrogens (tertiary/aromatic N) is 3. The minimum Gasteiger partial charge on any atom is -0.497 e. The van der Waals surface area contributed by atoms with Crippen molar-refractivity contribution in [1.82, 2.24) is 5.06 Å². The van der Waals surface area contributed by atoms with E-state index in [-0.39, 0.29) is 11.9 Å². The Kier molecular flexibility index (Phi) is 6.10. The quantitative estimate of drug-likeness (QED) is 0.692. The molecule has 2 heterocycles. The van der Waals surface area contributed by atoms with E-state index in [9.17, 15) is 0 Å². The summed E-state index contributed by atoms with van der Waals surface area (Å²) >= 11 is 1.90. The van der Waals surface area contributed by atoms with Crippen LogP contribution in [0.2, 0.25) is 0 Å². The van der Waals surface area contributed by atoms with Gasteiger partial charge in [-0.15, -0.1) is 0 Å². The van der Waals surface area contributed by atoms with Crippen LogP contribution in [-0.2, 0) is 4.84 Å². The predicted octanol–water partition coefficient (Wildman–Crippen LogP) is 1.56. The van der Waals surface area contributed by atoms with Crippen molar-refractivity contribution in [3.05, 3.63) is 24.3 Å². The van der Waals surface area contributed by atoms with E-state index in [4.69, 9.17) is 25.8 Å². The third-order valence-electron chi connectivity index (χ3n) is 4.27. The lowest BCUT2D eigenvalue weighted by Crippen LogP contribution is -2.58. The van der Waals surface area contributed by atoms with Crippen LogP contribution in [0.1, 0.15) is 19.3 Å². The summed E-state index contributed by atoms with van der Waals surface area (Å²) in [5.74, 6) is 4.06. The first-order chi connectivity index (χ1) is 12.6. The number of rotatable bonds is 7. The monoisotopic (exact) mass is 379 g/mol. The third kappa shape index (κ3) is 4.34. The Morgan fingerprint density at radius 1 is 1.12 bits per heavy atom. The Labute approximate surface area is 157 Å². The van der Waals surface area contributed by atoms with Gasteiger partial charge in [-0.2, -0.15) is 21.8 Å². The second-order valence-electron chi connectivity index (χ2n) is 6.04. The fourth-order valence-corrected chi connectivity index (χ4v) is 4.08. The molecule has 1 fully saturated rings. The third-order valence-corrected chi connectivity index (χ3v) is 5.25. The molecule has 1 aromatic rings. The molecule has 0 saturated carbocycles. The molecule has 26 heavy (non-hydrogen) atoms. The second kappa shape index (κ2) is 8.50. The number of hydroxylamine groups is 2. The summed E-state index contributed by atoms with van der Waals surface area (Å²) in [4.78, 5) is 14.5. The lowest BCUT2D eigenvalue weighted by molar-refractivity contribution is -0.171. The van der Waals surface area contributed by atoms with Crippen LogP contribution in [0, 0.1) is 0 Å². The van der Waals surface area contributed by atoms with Crippen LogP contribution in [0.15, 0.2) is 34.3 Å². The molecule has 2 aliphatic rings. The van der Waals surface area contributed by atoms with Gasteiger partial charge in [0, 0.05) is 19.3 Å². The summed E-state index contributed by atoms with van der Waals surface area (Å²) in [5, 5.41) is 1.64. The van der Waals surface area contributed by atoms with Gasteiger partial charge in [-0.1, -0.05) is 0 Å². The fourth-order valence-electron chi connectivity index (χ4n) is 2.94. The molecule has 1 spiro atoms. The number of guanidine groups is 2. The topological polar surface area (TPSA) is 108 Å². The highest BCUT2D eigenvalue weighted by molar-refractivity contribution is 7.99. The van der Waals surface area contributed by atoms with Crippen LogP contribution >= 0.6 is 11.8 Å².